The van der Waals surface area contributed by atoms with Crippen molar-refractivity contribution in [3.63, 3.8) is 0 Å². The molecule has 0 saturated carbocycles. The molecule has 28 heavy (non-hydrogen) atoms. The number of carbonyl (C=O) groups is 1. The normalized spacial score (nSPS) is 11.8. The van der Waals surface area contributed by atoms with Gasteiger partial charge in [-0.1, -0.05) is 26.0 Å². The average Bonchev–Trinajstić information content (AvgIpc) is 2.67. The van der Waals surface area contributed by atoms with Gasteiger partial charge in [-0.15, -0.1) is 0 Å². The summed E-state index contributed by atoms with van der Waals surface area (Å²) in [7, 11) is -2.24. The molecule has 0 aromatic heterocycles. The van der Waals surface area contributed by atoms with E-state index in [0.717, 1.165) is 0 Å². The maximum Gasteiger partial charge on any atom is 0.248 e. The smallest absolute Gasteiger partial charge is 0.248 e. The van der Waals surface area contributed by atoms with Gasteiger partial charge in [0.1, 0.15) is 0 Å². The van der Waals surface area contributed by atoms with E-state index in [0.29, 0.717) is 24.3 Å². The third-order valence-electron chi connectivity index (χ3n) is 4.05. The van der Waals surface area contributed by atoms with Crippen LogP contribution in [-0.4, -0.2) is 38.8 Å². The highest BCUT2D eigenvalue weighted by atomic mass is 32.2. The van der Waals surface area contributed by atoms with Gasteiger partial charge in [-0.2, -0.15) is 4.31 Å². The van der Waals surface area contributed by atoms with Crippen LogP contribution in [0.1, 0.15) is 19.4 Å². The molecule has 0 fully saturated rings. The van der Waals surface area contributed by atoms with Crippen LogP contribution in [0, 0.1) is 5.82 Å². The highest BCUT2D eigenvalue weighted by molar-refractivity contribution is 7.89. The summed E-state index contributed by atoms with van der Waals surface area (Å²) in [4.78, 5) is 12.2. The third kappa shape index (κ3) is 5.17. The van der Waals surface area contributed by atoms with Crippen molar-refractivity contribution < 1.29 is 22.3 Å². The zero-order chi connectivity index (χ0) is 20.7. The number of anilines is 1. The molecule has 0 aliphatic carbocycles. The quantitative estimate of drug-likeness (QED) is 0.681. The Labute approximate surface area is 164 Å². The molecule has 0 atom stereocenters. The number of halogens is 1. The summed E-state index contributed by atoms with van der Waals surface area (Å²) >= 11 is 0. The number of hydrogen-bond acceptors (Lipinski definition) is 4. The molecule has 150 valence electrons. The topological polar surface area (TPSA) is 75.7 Å². The molecule has 0 saturated heterocycles. The van der Waals surface area contributed by atoms with E-state index in [2.05, 4.69) is 5.32 Å². The summed E-state index contributed by atoms with van der Waals surface area (Å²) in [5.41, 5.74) is 0.843. The molecule has 2 aromatic carbocycles. The minimum absolute atomic E-state index is 0.107. The summed E-state index contributed by atoms with van der Waals surface area (Å²) in [6.45, 7) is 4.24. The number of nitrogens with one attached hydrogen (secondary N) is 1. The minimum atomic E-state index is -3.62. The molecular weight excluding hydrogens is 383 g/mol. The van der Waals surface area contributed by atoms with Crippen LogP contribution in [0.4, 0.5) is 10.1 Å². The number of hydrogen-bond donors (Lipinski definition) is 1. The van der Waals surface area contributed by atoms with Crippen molar-refractivity contribution in [2.75, 3.05) is 25.5 Å². The molecule has 2 aromatic rings. The van der Waals surface area contributed by atoms with Gasteiger partial charge in [0.25, 0.3) is 0 Å². The highest BCUT2D eigenvalue weighted by Crippen LogP contribution is 2.20. The van der Waals surface area contributed by atoms with E-state index >= 15 is 0 Å². The van der Waals surface area contributed by atoms with Gasteiger partial charge < -0.3 is 10.1 Å². The zero-order valence-electron chi connectivity index (χ0n) is 16.0. The standard InChI is InChI=1S/C20H23FN2O4S/c1-4-23(5-2)28(25,26)17-8-6-7-16(14-17)22-20(24)12-10-15-9-11-19(27-3)18(21)13-15/h6-14H,4-5H2,1-3H3,(H,22,24)/b12-10+. The fourth-order valence-corrected chi connectivity index (χ4v) is 4.09. The molecular formula is C20H23FN2O4S. The van der Waals surface area contributed by atoms with Gasteiger partial charge in [-0.25, -0.2) is 12.8 Å². The molecule has 8 heteroatoms. The van der Waals surface area contributed by atoms with Crippen LogP contribution in [0.2, 0.25) is 0 Å². The number of amides is 1. The Bertz CT molecular complexity index is 970. The Hall–Kier alpha value is -2.71. The van der Waals surface area contributed by atoms with Gasteiger partial charge in [-0.05, 0) is 42.0 Å². The predicted molar refractivity (Wildman–Crippen MR) is 107 cm³/mol. The summed E-state index contributed by atoms with van der Waals surface area (Å²) in [6, 6.07) is 10.4. The molecule has 0 bridgehead atoms. The lowest BCUT2D eigenvalue weighted by Gasteiger charge is -2.18. The van der Waals surface area contributed by atoms with Crippen molar-refractivity contribution in [2.45, 2.75) is 18.7 Å². The van der Waals surface area contributed by atoms with Crippen molar-refractivity contribution in [1.29, 1.82) is 0 Å². The fraction of sp³-hybridized carbons (Fsp3) is 0.250. The monoisotopic (exact) mass is 406 g/mol. The number of ether oxygens (including phenoxy) is 1. The largest absolute Gasteiger partial charge is 0.494 e. The lowest BCUT2D eigenvalue weighted by atomic mass is 10.2. The summed E-state index contributed by atoms with van der Waals surface area (Å²) in [5, 5.41) is 2.61. The SMILES string of the molecule is CCN(CC)S(=O)(=O)c1cccc(NC(=O)/C=C/c2ccc(OC)c(F)c2)c1. The highest BCUT2D eigenvalue weighted by Gasteiger charge is 2.21. The van der Waals surface area contributed by atoms with E-state index in [1.807, 2.05) is 0 Å². The Morgan fingerprint density at radius 2 is 1.89 bits per heavy atom. The van der Waals surface area contributed by atoms with E-state index in [9.17, 15) is 17.6 Å². The first-order valence-electron chi connectivity index (χ1n) is 8.74. The lowest BCUT2D eigenvalue weighted by molar-refractivity contribution is -0.111. The average molecular weight is 406 g/mol. The van der Waals surface area contributed by atoms with Crippen molar-refractivity contribution >= 4 is 27.7 Å². The molecule has 0 unspecified atom stereocenters. The fourth-order valence-electron chi connectivity index (χ4n) is 2.59. The molecule has 0 aliphatic heterocycles. The lowest BCUT2D eigenvalue weighted by Crippen LogP contribution is -2.30. The van der Waals surface area contributed by atoms with Crippen LogP contribution in [0.25, 0.3) is 6.08 Å². The van der Waals surface area contributed by atoms with Gasteiger partial charge in [0.05, 0.1) is 12.0 Å². The van der Waals surface area contributed by atoms with E-state index in [-0.39, 0.29) is 10.6 Å². The first kappa shape index (κ1) is 21.6. The molecule has 1 N–H and O–H groups in total. The third-order valence-corrected chi connectivity index (χ3v) is 6.09. The van der Waals surface area contributed by atoms with E-state index in [1.54, 1.807) is 32.0 Å². The maximum absolute atomic E-state index is 13.7. The zero-order valence-corrected chi connectivity index (χ0v) is 16.8. The van der Waals surface area contributed by atoms with Crippen LogP contribution in [0.15, 0.2) is 53.4 Å². The summed E-state index contributed by atoms with van der Waals surface area (Å²) in [5.74, 6) is -0.874. The molecule has 6 nitrogen and oxygen atoms in total. The Kier molecular flexibility index (Phi) is 7.31. The van der Waals surface area contributed by atoms with E-state index < -0.39 is 21.7 Å². The molecule has 0 aliphatic rings. The number of nitrogens with zero attached hydrogens (tertiary/aromatic N) is 1. The summed E-state index contributed by atoms with van der Waals surface area (Å²) in [6.07, 6.45) is 2.70. The second-order valence-corrected chi connectivity index (χ2v) is 7.77. The first-order chi connectivity index (χ1) is 13.3. The predicted octanol–water partition coefficient (Wildman–Crippen LogP) is 3.52. The van der Waals surface area contributed by atoms with Crippen LogP contribution in [0.5, 0.6) is 5.75 Å². The van der Waals surface area contributed by atoms with Crippen molar-refractivity contribution in [2.24, 2.45) is 0 Å². The van der Waals surface area contributed by atoms with Gasteiger partial charge in [0.2, 0.25) is 15.9 Å². The van der Waals surface area contributed by atoms with Crippen LogP contribution in [-0.2, 0) is 14.8 Å². The summed E-state index contributed by atoms with van der Waals surface area (Å²) < 4.78 is 45.0. The molecule has 0 spiro atoms. The maximum atomic E-state index is 13.7. The van der Waals surface area contributed by atoms with Gasteiger partial charge in [0, 0.05) is 24.9 Å². The number of rotatable bonds is 8. The van der Waals surface area contributed by atoms with E-state index in [4.69, 9.17) is 4.74 Å². The van der Waals surface area contributed by atoms with Gasteiger partial charge in [-0.3, -0.25) is 4.79 Å². The number of carbonyl (C=O) groups excluding carboxylic acids is 1. The van der Waals surface area contributed by atoms with Crippen molar-refractivity contribution in [1.82, 2.24) is 4.31 Å². The molecule has 1 amide bonds. The van der Waals surface area contributed by atoms with Crippen LogP contribution in [0.3, 0.4) is 0 Å². The number of sulfonamides is 1. The number of methoxy groups -OCH3 is 1. The molecule has 2 rings (SSSR count). The van der Waals surface area contributed by atoms with E-state index in [1.165, 1.54) is 47.8 Å². The van der Waals surface area contributed by atoms with Crippen LogP contribution < -0.4 is 10.1 Å². The Balaban J connectivity index is 2.13. The first-order valence-corrected chi connectivity index (χ1v) is 10.2. The van der Waals surface area contributed by atoms with Gasteiger partial charge >= 0.3 is 0 Å². The molecule has 0 radical (unpaired) electrons. The molecule has 0 heterocycles. The Morgan fingerprint density at radius 3 is 2.50 bits per heavy atom. The van der Waals surface area contributed by atoms with Crippen molar-refractivity contribution in [3.05, 3.63) is 59.9 Å². The van der Waals surface area contributed by atoms with Crippen molar-refractivity contribution in [3.8, 4) is 5.75 Å². The van der Waals surface area contributed by atoms with Gasteiger partial charge in [0.15, 0.2) is 11.6 Å². The second-order valence-electron chi connectivity index (χ2n) is 5.83. The minimum Gasteiger partial charge on any atom is -0.494 e. The Morgan fingerprint density at radius 1 is 1.18 bits per heavy atom. The number of benzene rings is 2. The second kappa shape index (κ2) is 9.48. The van der Waals surface area contributed by atoms with Crippen LogP contribution >= 0.6 is 0 Å².